The molecule has 0 amide bonds. The van der Waals surface area contributed by atoms with E-state index in [4.69, 9.17) is 10.5 Å². The van der Waals surface area contributed by atoms with Crippen LogP contribution in [0.3, 0.4) is 0 Å². The Morgan fingerprint density at radius 1 is 1.40 bits per heavy atom. The molecular weight excluding hydrogens is 217 g/mol. The number of methoxy groups -OCH3 is 1. The zero-order chi connectivity index (χ0) is 10.4. The summed E-state index contributed by atoms with van der Waals surface area (Å²) in [6.07, 6.45) is 2.05. The zero-order valence-corrected chi connectivity index (χ0v) is 9.39. The van der Waals surface area contributed by atoms with Crippen molar-refractivity contribution in [3.63, 3.8) is 0 Å². The van der Waals surface area contributed by atoms with Gasteiger partial charge >= 0.3 is 0 Å². The third-order valence-electron chi connectivity index (χ3n) is 1.91. The van der Waals surface area contributed by atoms with E-state index in [2.05, 4.69) is 0 Å². The van der Waals surface area contributed by atoms with Crippen LogP contribution in [0.25, 0.3) is 0 Å². The van der Waals surface area contributed by atoms with E-state index in [9.17, 15) is 4.39 Å². The van der Waals surface area contributed by atoms with E-state index in [-0.39, 0.29) is 24.8 Å². The topological polar surface area (TPSA) is 35.2 Å². The van der Waals surface area contributed by atoms with Crippen LogP contribution in [-0.4, -0.2) is 13.7 Å². The molecule has 0 aromatic heterocycles. The third-order valence-corrected chi connectivity index (χ3v) is 1.91. The van der Waals surface area contributed by atoms with Crippen molar-refractivity contribution < 1.29 is 9.13 Å². The second kappa shape index (κ2) is 7.26. The highest BCUT2D eigenvalue weighted by atomic mass is 35.5. The maximum atomic E-state index is 12.7. The first-order chi connectivity index (χ1) is 6.76. The molecule has 0 aliphatic rings. The minimum Gasteiger partial charge on any atom is -0.497 e. The van der Waals surface area contributed by atoms with E-state index < -0.39 is 0 Å². The van der Waals surface area contributed by atoms with Gasteiger partial charge in [-0.3, -0.25) is 0 Å². The highest BCUT2D eigenvalue weighted by Gasteiger charge is 1.94. The Kier molecular flexibility index (Phi) is 6.75. The largest absolute Gasteiger partial charge is 0.497 e. The SMILES string of the molecule is COc1ccc(CC=C(F)CN)cc1.Cl. The molecule has 4 heteroatoms. The molecule has 2 N–H and O–H groups in total. The standard InChI is InChI=1S/C11H14FNO.ClH/c1-14-11-6-3-9(4-7-11)2-5-10(12)8-13;/h3-7H,2,8,13H2,1H3;1H. The lowest BCUT2D eigenvalue weighted by Crippen LogP contribution is -1.99. The van der Waals surface area contributed by atoms with Crippen molar-refractivity contribution in [3.05, 3.63) is 41.7 Å². The first-order valence-corrected chi connectivity index (χ1v) is 4.44. The minimum absolute atomic E-state index is 0. The summed E-state index contributed by atoms with van der Waals surface area (Å²) in [4.78, 5) is 0. The van der Waals surface area contributed by atoms with Crippen LogP contribution in [0.1, 0.15) is 5.56 Å². The molecule has 0 heterocycles. The molecule has 0 saturated heterocycles. The predicted octanol–water partition coefficient (Wildman–Crippen LogP) is 2.47. The molecule has 0 spiro atoms. The molecule has 0 aliphatic heterocycles. The molecule has 0 atom stereocenters. The lowest BCUT2D eigenvalue weighted by Gasteiger charge is -2.00. The third kappa shape index (κ3) is 4.81. The predicted molar refractivity (Wildman–Crippen MR) is 62.2 cm³/mol. The molecule has 1 aromatic carbocycles. The van der Waals surface area contributed by atoms with Crippen molar-refractivity contribution in [1.29, 1.82) is 0 Å². The van der Waals surface area contributed by atoms with E-state index in [0.29, 0.717) is 6.42 Å². The Bertz CT molecular complexity index is 311. The summed E-state index contributed by atoms with van der Waals surface area (Å²) < 4.78 is 17.7. The van der Waals surface area contributed by atoms with Crippen LogP contribution >= 0.6 is 12.4 Å². The highest BCUT2D eigenvalue weighted by molar-refractivity contribution is 5.85. The van der Waals surface area contributed by atoms with Crippen LogP contribution in [-0.2, 0) is 6.42 Å². The van der Waals surface area contributed by atoms with E-state index in [1.165, 1.54) is 6.08 Å². The molecule has 0 saturated carbocycles. The molecule has 0 radical (unpaired) electrons. The highest BCUT2D eigenvalue weighted by Crippen LogP contribution is 2.12. The molecule has 0 bridgehead atoms. The van der Waals surface area contributed by atoms with Crippen molar-refractivity contribution >= 4 is 12.4 Å². The van der Waals surface area contributed by atoms with Crippen LogP contribution in [0, 0.1) is 0 Å². The van der Waals surface area contributed by atoms with E-state index in [0.717, 1.165) is 11.3 Å². The van der Waals surface area contributed by atoms with Gasteiger partial charge < -0.3 is 10.5 Å². The van der Waals surface area contributed by atoms with Gasteiger partial charge in [0.1, 0.15) is 11.6 Å². The maximum absolute atomic E-state index is 12.7. The van der Waals surface area contributed by atoms with Crippen molar-refractivity contribution in [2.24, 2.45) is 5.73 Å². The second-order valence-corrected chi connectivity index (χ2v) is 2.91. The monoisotopic (exact) mass is 231 g/mol. The van der Waals surface area contributed by atoms with Crippen LogP contribution in [0.5, 0.6) is 5.75 Å². The summed E-state index contributed by atoms with van der Waals surface area (Å²) in [6.45, 7) is -0.0316. The van der Waals surface area contributed by atoms with Gasteiger partial charge in [-0.1, -0.05) is 12.1 Å². The average Bonchev–Trinajstić information content (AvgIpc) is 2.26. The van der Waals surface area contributed by atoms with Crippen LogP contribution in [0.4, 0.5) is 4.39 Å². The van der Waals surface area contributed by atoms with Gasteiger partial charge in [0.2, 0.25) is 0 Å². The van der Waals surface area contributed by atoms with E-state index in [1.54, 1.807) is 7.11 Å². The van der Waals surface area contributed by atoms with Gasteiger partial charge in [0.15, 0.2) is 0 Å². The number of hydrogen-bond acceptors (Lipinski definition) is 2. The average molecular weight is 232 g/mol. The van der Waals surface area contributed by atoms with Crippen LogP contribution < -0.4 is 10.5 Å². The summed E-state index contributed by atoms with van der Waals surface area (Å²) in [7, 11) is 1.61. The summed E-state index contributed by atoms with van der Waals surface area (Å²) in [5.41, 5.74) is 6.16. The van der Waals surface area contributed by atoms with Gasteiger partial charge in [-0.2, -0.15) is 0 Å². The zero-order valence-electron chi connectivity index (χ0n) is 8.57. The fourth-order valence-electron chi connectivity index (χ4n) is 1.07. The number of allylic oxidation sites excluding steroid dienone is 1. The van der Waals surface area contributed by atoms with Crippen molar-refractivity contribution in [2.75, 3.05) is 13.7 Å². The van der Waals surface area contributed by atoms with Gasteiger partial charge in [-0.25, -0.2) is 4.39 Å². The number of nitrogens with two attached hydrogens (primary N) is 1. The molecule has 2 nitrogen and oxygen atoms in total. The molecular formula is C11H15ClFNO. The molecule has 0 fully saturated rings. The first-order valence-electron chi connectivity index (χ1n) is 4.44. The summed E-state index contributed by atoms with van der Waals surface area (Å²) in [5.74, 6) is 0.526. The van der Waals surface area contributed by atoms with Gasteiger partial charge in [0.05, 0.1) is 7.11 Å². The fraction of sp³-hybridized carbons (Fsp3) is 0.273. The Labute approximate surface area is 95.3 Å². The normalized spacial score (nSPS) is 10.7. The Hall–Kier alpha value is -1.06. The van der Waals surface area contributed by atoms with E-state index in [1.807, 2.05) is 24.3 Å². The maximum Gasteiger partial charge on any atom is 0.118 e. The minimum atomic E-state index is -0.277. The van der Waals surface area contributed by atoms with E-state index >= 15 is 0 Å². The molecule has 84 valence electrons. The van der Waals surface area contributed by atoms with Crippen molar-refractivity contribution in [1.82, 2.24) is 0 Å². The first kappa shape index (κ1) is 13.9. The lowest BCUT2D eigenvalue weighted by molar-refractivity contribution is 0.414. The molecule has 1 aromatic rings. The quantitative estimate of drug-likeness (QED) is 0.864. The fourth-order valence-corrected chi connectivity index (χ4v) is 1.07. The summed E-state index contributed by atoms with van der Waals surface area (Å²) in [6, 6.07) is 7.51. The van der Waals surface area contributed by atoms with Gasteiger partial charge in [-0.05, 0) is 30.2 Å². The van der Waals surface area contributed by atoms with Crippen LogP contribution in [0.2, 0.25) is 0 Å². The summed E-state index contributed by atoms with van der Waals surface area (Å²) in [5, 5.41) is 0. The molecule has 0 aliphatic carbocycles. The number of ether oxygens (including phenoxy) is 1. The molecule has 1 rings (SSSR count). The van der Waals surface area contributed by atoms with Crippen molar-refractivity contribution in [2.45, 2.75) is 6.42 Å². The number of halogens is 2. The summed E-state index contributed by atoms with van der Waals surface area (Å²) >= 11 is 0. The Morgan fingerprint density at radius 3 is 2.47 bits per heavy atom. The number of benzene rings is 1. The van der Waals surface area contributed by atoms with Gasteiger partial charge in [0.25, 0.3) is 0 Å². The van der Waals surface area contributed by atoms with Crippen LogP contribution in [0.15, 0.2) is 36.2 Å². The number of hydrogen-bond donors (Lipinski definition) is 1. The molecule has 15 heavy (non-hydrogen) atoms. The van der Waals surface area contributed by atoms with Crippen molar-refractivity contribution in [3.8, 4) is 5.75 Å². The Morgan fingerprint density at radius 2 is 2.00 bits per heavy atom. The van der Waals surface area contributed by atoms with Gasteiger partial charge in [0, 0.05) is 6.54 Å². The Balaban J connectivity index is 0.00000196. The number of rotatable bonds is 4. The van der Waals surface area contributed by atoms with Gasteiger partial charge in [-0.15, -0.1) is 12.4 Å². The smallest absolute Gasteiger partial charge is 0.118 e. The molecule has 0 unspecified atom stereocenters. The lowest BCUT2D eigenvalue weighted by atomic mass is 10.1. The second-order valence-electron chi connectivity index (χ2n) is 2.91.